The molecule has 0 saturated carbocycles. The zero-order valence-electron chi connectivity index (χ0n) is 16.1. The maximum atomic E-state index is 12.1. The van der Waals surface area contributed by atoms with Gasteiger partial charge in [-0.25, -0.2) is 0 Å². The minimum atomic E-state index is -0.751. The summed E-state index contributed by atoms with van der Waals surface area (Å²) in [5, 5.41) is 18.9. The lowest BCUT2D eigenvalue weighted by Crippen LogP contribution is -2.33. The lowest BCUT2D eigenvalue weighted by Gasteiger charge is -2.23. The van der Waals surface area contributed by atoms with E-state index in [4.69, 9.17) is 5.11 Å². The number of aliphatic carboxylic acids is 1. The number of amides is 1. The first kappa shape index (κ1) is 22.2. The Morgan fingerprint density at radius 3 is 2.73 bits per heavy atom. The first-order chi connectivity index (χ1) is 12.5. The molecule has 146 valence electrons. The number of hydrogen-bond donors (Lipinski definition) is 2. The van der Waals surface area contributed by atoms with Crippen molar-refractivity contribution in [3.05, 3.63) is 12.2 Å². The molecule has 0 aromatic rings. The van der Waals surface area contributed by atoms with Crippen LogP contribution >= 0.6 is 0 Å². The molecule has 0 spiro atoms. The summed E-state index contributed by atoms with van der Waals surface area (Å²) in [6.45, 7) is 4.69. The number of carbonyl (C=O) groups excluding carboxylic acids is 1. The van der Waals surface area contributed by atoms with Gasteiger partial charge in [0.15, 0.2) is 0 Å². The van der Waals surface area contributed by atoms with Crippen LogP contribution in [0.25, 0.3) is 0 Å². The molecule has 26 heavy (non-hydrogen) atoms. The van der Waals surface area contributed by atoms with Gasteiger partial charge in [-0.2, -0.15) is 0 Å². The number of nitrogens with zero attached hydrogens (tertiary/aromatic N) is 1. The lowest BCUT2D eigenvalue weighted by atomic mass is 10.00. The highest BCUT2D eigenvalue weighted by Crippen LogP contribution is 2.21. The Labute approximate surface area is 157 Å². The quantitative estimate of drug-likeness (QED) is 0.335. The smallest absolute Gasteiger partial charge is 0.303 e. The minimum absolute atomic E-state index is 0.0603. The number of aliphatic hydroxyl groups excluding tert-OH is 1. The molecule has 1 aliphatic rings. The van der Waals surface area contributed by atoms with Gasteiger partial charge in [0, 0.05) is 32.2 Å². The van der Waals surface area contributed by atoms with E-state index in [0.717, 1.165) is 32.1 Å². The second-order valence-corrected chi connectivity index (χ2v) is 7.02. The fourth-order valence-corrected chi connectivity index (χ4v) is 3.07. The van der Waals surface area contributed by atoms with Crippen molar-refractivity contribution in [2.24, 2.45) is 5.92 Å². The van der Waals surface area contributed by atoms with Crippen LogP contribution in [0.5, 0.6) is 0 Å². The van der Waals surface area contributed by atoms with Gasteiger partial charge in [-0.1, -0.05) is 38.8 Å². The van der Waals surface area contributed by atoms with Gasteiger partial charge in [0.05, 0.1) is 12.1 Å². The summed E-state index contributed by atoms with van der Waals surface area (Å²) in [4.78, 5) is 24.5. The standard InChI is InChI=1S/C21H33NO4/c1-3-4-7-10-17(2)19(23)14-12-18-13-15-20(24)22(18)16-9-6-5-8-11-21(25)26/h12,14,17-19,23H,3,5-6,8-11,13,15-16H2,1-2H3,(H,25,26)/t17-,18?,19-/m1/s1. The highest BCUT2D eigenvalue weighted by Gasteiger charge is 2.28. The van der Waals surface area contributed by atoms with Gasteiger partial charge in [0.2, 0.25) is 5.91 Å². The Bertz CT molecular complexity index is 532. The van der Waals surface area contributed by atoms with Gasteiger partial charge >= 0.3 is 5.97 Å². The number of carbonyl (C=O) groups is 2. The molecule has 2 N–H and O–H groups in total. The SMILES string of the molecule is CCC#CC[C@@H](C)[C@H](O)C=CC1CCC(=O)N1CCCCCCC(=O)O. The highest BCUT2D eigenvalue weighted by molar-refractivity contribution is 5.79. The summed E-state index contributed by atoms with van der Waals surface area (Å²) < 4.78 is 0. The molecule has 1 saturated heterocycles. The molecule has 1 aliphatic heterocycles. The molecule has 0 aliphatic carbocycles. The summed E-state index contributed by atoms with van der Waals surface area (Å²) in [7, 11) is 0. The second kappa shape index (κ2) is 12.5. The number of hydrogen-bond acceptors (Lipinski definition) is 3. The summed E-state index contributed by atoms with van der Waals surface area (Å²) in [5.41, 5.74) is 0. The van der Waals surface area contributed by atoms with Gasteiger partial charge in [0.1, 0.15) is 0 Å². The molecule has 1 rings (SSSR count). The molecule has 1 heterocycles. The Hall–Kier alpha value is -1.80. The molecule has 0 aromatic heterocycles. The predicted octanol–water partition coefficient (Wildman–Crippen LogP) is 3.37. The van der Waals surface area contributed by atoms with Crippen molar-refractivity contribution < 1.29 is 19.8 Å². The lowest BCUT2D eigenvalue weighted by molar-refractivity contribution is -0.137. The van der Waals surface area contributed by atoms with E-state index in [1.165, 1.54) is 0 Å². The number of unbranched alkanes of at least 4 members (excludes halogenated alkanes) is 3. The number of aliphatic hydroxyl groups is 1. The topological polar surface area (TPSA) is 77.8 Å². The molecule has 1 fully saturated rings. The van der Waals surface area contributed by atoms with Crippen molar-refractivity contribution >= 4 is 11.9 Å². The van der Waals surface area contributed by atoms with E-state index >= 15 is 0 Å². The van der Waals surface area contributed by atoms with Gasteiger partial charge < -0.3 is 15.1 Å². The number of carboxylic acid groups (broad SMARTS) is 1. The average molecular weight is 363 g/mol. The van der Waals surface area contributed by atoms with Crippen LogP contribution in [0.2, 0.25) is 0 Å². The molecule has 3 atom stereocenters. The molecule has 5 heteroatoms. The van der Waals surface area contributed by atoms with Crippen LogP contribution in [0.15, 0.2) is 12.2 Å². The highest BCUT2D eigenvalue weighted by atomic mass is 16.4. The average Bonchev–Trinajstić information content (AvgIpc) is 2.95. The largest absolute Gasteiger partial charge is 0.481 e. The fourth-order valence-electron chi connectivity index (χ4n) is 3.07. The Balaban J connectivity index is 2.39. The minimum Gasteiger partial charge on any atom is -0.481 e. The van der Waals surface area contributed by atoms with Crippen LogP contribution < -0.4 is 0 Å². The third-order valence-corrected chi connectivity index (χ3v) is 4.75. The van der Waals surface area contributed by atoms with Crippen LogP contribution in [0.4, 0.5) is 0 Å². The van der Waals surface area contributed by atoms with Crippen LogP contribution in [0.1, 0.15) is 71.6 Å². The number of carboxylic acids is 1. The fraction of sp³-hybridized carbons (Fsp3) is 0.714. The van der Waals surface area contributed by atoms with E-state index in [1.807, 2.05) is 24.8 Å². The Morgan fingerprint density at radius 1 is 1.31 bits per heavy atom. The third-order valence-electron chi connectivity index (χ3n) is 4.75. The van der Waals surface area contributed by atoms with E-state index in [0.29, 0.717) is 25.8 Å². The van der Waals surface area contributed by atoms with Crippen molar-refractivity contribution in [2.75, 3.05) is 6.54 Å². The van der Waals surface area contributed by atoms with Crippen LogP contribution in [-0.4, -0.2) is 45.7 Å². The zero-order chi connectivity index (χ0) is 19.4. The van der Waals surface area contributed by atoms with Crippen LogP contribution in [0, 0.1) is 17.8 Å². The van der Waals surface area contributed by atoms with Crippen molar-refractivity contribution in [3.8, 4) is 11.8 Å². The van der Waals surface area contributed by atoms with Crippen LogP contribution in [-0.2, 0) is 9.59 Å². The molecule has 0 aromatic carbocycles. The van der Waals surface area contributed by atoms with Gasteiger partial charge in [-0.15, -0.1) is 11.8 Å². The first-order valence-corrected chi connectivity index (χ1v) is 9.79. The van der Waals surface area contributed by atoms with Crippen molar-refractivity contribution in [3.63, 3.8) is 0 Å². The van der Waals surface area contributed by atoms with E-state index in [1.54, 1.807) is 6.08 Å². The van der Waals surface area contributed by atoms with Gasteiger partial charge in [-0.3, -0.25) is 9.59 Å². The molecule has 1 unspecified atom stereocenters. The van der Waals surface area contributed by atoms with E-state index in [9.17, 15) is 14.7 Å². The van der Waals surface area contributed by atoms with E-state index in [-0.39, 0.29) is 24.3 Å². The van der Waals surface area contributed by atoms with Gasteiger partial charge in [0.25, 0.3) is 0 Å². The summed E-state index contributed by atoms with van der Waals surface area (Å²) in [6, 6.07) is 0.0603. The molecular formula is C21H33NO4. The summed E-state index contributed by atoms with van der Waals surface area (Å²) >= 11 is 0. The molecule has 0 radical (unpaired) electrons. The zero-order valence-corrected chi connectivity index (χ0v) is 16.1. The molecule has 5 nitrogen and oxygen atoms in total. The number of rotatable bonds is 11. The van der Waals surface area contributed by atoms with Crippen molar-refractivity contribution in [1.29, 1.82) is 0 Å². The predicted molar refractivity (Wildman–Crippen MR) is 102 cm³/mol. The van der Waals surface area contributed by atoms with E-state index in [2.05, 4.69) is 11.8 Å². The first-order valence-electron chi connectivity index (χ1n) is 9.79. The summed E-state index contributed by atoms with van der Waals surface area (Å²) in [5.74, 6) is 5.57. The molecule has 1 amide bonds. The normalized spacial score (nSPS) is 19.4. The van der Waals surface area contributed by atoms with Gasteiger partial charge in [-0.05, 0) is 25.2 Å². The Kier molecular flexibility index (Phi) is 10.7. The van der Waals surface area contributed by atoms with Crippen LogP contribution in [0.3, 0.4) is 0 Å². The second-order valence-electron chi connectivity index (χ2n) is 7.02. The van der Waals surface area contributed by atoms with Crippen molar-refractivity contribution in [2.45, 2.75) is 83.8 Å². The maximum Gasteiger partial charge on any atom is 0.303 e. The monoisotopic (exact) mass is 363 g/mol. The number of likely N-dealkylation sites (tertiary alicyclic amines) is 1. The maximum absolute atomic E-state index is 12.1. The van der Waals surface area contributed by atoms with E-state index < -0.39 is 12.1 Å². The molecular weight excluding hydrogens is 330 g/mol. The third kappa shape index (κ3) is 8.53. The van der Waals surface area contributed by atoms with Crippen molar-refractivity contribution in [1.82, 2.24) is 4.90 Å². The summed E-state index contributed by atoms with van der Waals surface area (Å²) in [6.07, 6.45) is 9.68. The Morgan fingerprint density at radius 2 is 2.04 bits per heavy atom. The molecule has 0 bridgehead atoms.